The van der Waals surface area contributed by atoms with Crippen LogP contribution in [0, 0.1) is 0 Å². The van der Waals surface area contributed by atoms with E-state index in [0.29, 0.717) is 15.7 Å². The molecule has 0 spiro atoms. The van der Waals surface area contributed by atoms with Gasteiger partial charge in [0.1, 0.15) is 0 Å². The number of rotatable bonds is 4. The number of carbonyl (C=O) groups excluding carboxylic acids is 1. The van der Waals surface area contributed by atoms with E-state index < -0.39 is 0 Å². The zero-order valence-electron chi connectivity index (χ0n) is 18.3. The molecule has 5 nitrogen and oxygen atoms in total. The van der Waals surface area contributed by atoms with Crippen molar-refractivity contribution < 1.29 is 4.79 Å². The molecule has 0 atom stereocenters. The zero-order valence-corrected chi connectivity index (χ0v) is 20.6. The minimum absolute atomic E-state index is 0.144. The summed E-state index contributed by atoms with van der Waals surface area (Å²) < 4.78 is 1.84. The van der Waals surface area contributed by atoms with Gasteiger partial charge in [-0.1, -0.05) is 42.1 Å². The molecule has 33 heavy (non-hydrogen) atoms. The standard InChI is InChI=1S/C25H26Cl2N4OS/c26-18-10-11-22(21(27)16-18)31-24-17(15-19-8-6-14-33-19)7-5-9-20(24)23(28-31)25(32)29-30-12-3-1-2-4-13-30/h6,8,10-11,14-16H,1-5,7,9,12-13H2,(H,29,32)/b17-15+. The third-order valence-corrected chi connectivity index (χ3v) is 7.60. The van der Waals surface area contributed by atoms with Crippen molar-refractivity contribution in [3.63, 3.8) is 0 Å². The van der Waals surface area contributed by atoms with E-state index in [9.17, 15) is 4.79 Å². The summed E-state index contributed by atoms with van der Waals surface area (Å²) in [6.45, 7) is 1.75. The van der Waals surface area contributed by atoms with E-state index >= 15 is 0 Å². The number of halogens is 2. The van der Waals surface area contributed by atoms with Crippen LogP contribution < -0.4 is 5.43 Å². The van der Waals surface area contributed by atoms with Gasteiger partial charge in [0, 0.05) is 28.6 Å². The van der Waals surface area contributed by atoms with Gasteiger partial charge >= 0.3 is 0 Å². The van der Waals surface area contributed by atoms with E-state index in [0.717, 1.165) is 62.1 Å². The van der Waals surface area contributed by atoms with Crippen LogP contribution in [-0.4, -0.2) is 33.8 Å². The Morgan fingerprint density at radius 3 is 2.61 bits per heavy atom. The first-order valence-corrected chi connectivity index (χ1v) is 13.1. The summed E-state index contributed by atoms with van der Waals surface area (Å²) >= 11 is 14.4. The number of fused-ring (bicyclic) bond motifs is 1. The molecule has 1 aromatic carbocycles. The lowest BCUT2D eigenvalue weighted by atomic mass is 9.90. The molecule has 1 N–H and O–H groups in total. The molecule has 5 rings (SSSR count). The molecular weight excluding hydrogens is 475 g/mol. The molecular formula is C25H26Cl2N4OS. The largest absolute Gasteiger partial charge is 0.286 e. The van der Waals surface area contributed by atoms with Crippen molar-refractivity contribution in [2.75, 3.05) is 13.1 Å². The maximum absolute atomic E-state index is 13.4. The number of nitrogens with zero attached hydrogens (tertiary/aromatic N) is 3. The quantitative estimate of drug-likeness (QED) is 0.436. The monoisotopic (exact) mass is 500 g/mol. The number of aromatic nitrogens is 2. The lowest BCUT2D eigenvalue weighted by Gasteiger charge is -2.21. The van der Waals surface area contributed by atoms with Crippen LogP contribution in [-0.2, 0) is 6.42 Å². The molecule has 172 valence electrons. The Labute approximate surface area is 208 Å². The number of allylic oxidation sites excluding steroid dienone is 1. The van der Waals surface area contributed by atoms with Crippen LogP contribution in [0.25, 0.3) is 17.3 Å². The summed E-state index contributed by atoms with van der Waals surface area (Å²) in [5.74, 6) is -0.144. The van der Waals surface area contributed by atoms with Gasteiger partial charge in [0.2, 0.25) is 0 Å². The van der Waals surface area contributed by atoms with Crippen molar-refractivity contribution in [2.45, 2.75) is 44.9 Å². The lowest BCUT2D eigenvalue weighted by molar-refractivity contribution is 0.0787. The van der Waals surface area contributed by atoms with Gasteiger partial charge in [-0.2, -0.15) is 5.10 Å². The van der Waals surface area contributed by atoms with Gasteiger partial charge in [-0.05, 0) is 73.4 Å². The highest BCUT2D eigenvalue weighted by Gasteiger charge is 2.30. The third-order valence-electron chi connectivity index (χ3n) is 6.24. The van der Waals surface area contributed by atoms with Crippen molar-refractivity contribution in [2.24, 2.45) is 0 Å². The molecule has 3 aromatic rings. The number of hydrogen-bond donors (Lipinski definition) is 1. The third kappa shape index (κ3) is 4.90. The summed E-state index contributed by atoms with van der Waals surface area (Å²) in [6.07, 6.45) is 9.54. The van der Waals surface area contributed by atoms with E-state index in [-0.39, 0.29) is 5.91 Å². The molecule has 1 amide bonds. The molecule has 0 unspecified atom stereocenters. The average Bonchev–Trinajstić information content (AvgIpc) is 3.37. The second-order valence-electron chi connectivity index (χ2n) is 8.56. The SMILES string of the molecule is O=C(NN1CCCCCC1)c1nn(-c2ccc(Cl)cc2Cl)c2c1CCC/C2=C\c1cccs1. The first kappa shape index (κ1) is 22.7. The lowest BCUT2D eigenvalue weighted by Crippen LogP contribution is -2.43. The first-order chi connectivity index (χ1) is 16.1. The molecule has 1 fully saturated rings. The second kappa shape index (κ2) is 10.0. The highest BCUT2D eigenvalue weighted by molar-refractivity contribution is 7.10. The van der Waals surface area contributed by atoms with Crippen molar-refractivity contribution in [1.29, 1.82) is 0 Å². The van der Waals surface area contributed by atoms with E-state index in [4.69, 9.17) is 28.3 Å². The molecule has 3 heterocycles. The predicted octanol–water partition coefficient (Wildman–Crippen LogP) is 6.64. The summed E-state index contributed by atoms with van der Waals surface area (Å²) in [5, 5.41) is 10.0. The van der Waals surface area contributed by atoms with Crippen molar-refractivity contribution in [3.8, 4) is 5.69 Å². The minimum Gasteiger partial charge on any atom is -0.283 e. The van der Waals surface area contributed by atoms with Crippen molar-refractivity contribution in [3.05, 3.63) is 67.6 Å². The highest BCUT2D eigenvalue weighted by atomic mass is 35.5. The smallest absolute Gasteiger partial charge is 0.283 e. The molecule has 0 bridgehead atoms. The van der Waals surface area contributed by atoms with Gasteiger partial charge < -0.3 is 0 Å². The Kier molecular flexibility index (Phi) is 6.88. The number of hydrazine groups is 1. The van der Waals surface area contributed by atoms with Crippen molar-refractivity contribution >= 4 is 52.1 Å². The maximum Gasteiger partial charge on any atom is 0.286 e. The van der Waals surface area contributed by atoms with Crippen molar-refractivity contribution in [1.82, 2.24) is 20.2 Å². The number of nitrogens with one attached hydrogen (secondary N) is 1. The van der Waals surface area contributed by atoms with Gasteiger partial charge in [-0.25, -0.2) is 9.69 Å². The topological polar surface area (TPSA) is 50.2 Å². The van der Waals surface area contributed by atoms with Gasteiger partial charge in [0.25, 0.3) is 5.91 Å². The number of carbonyl (C=O) groups is 1. The fourth-order valence-electron chi connectivity index (χ4n) is 4.67. The summed E-state index contributed by atoms with van der Waals surface area (Å²) in [5.41, 5.74) is 7.46. The van der Waals surface area contributed by atoms with E-state index in [1.165, 1.54) is 23.3 Å². The van der Waals surface area contributed by atoms with E-state index in [2.05, 4.69) is 22.9 Å². The summed E-state index contributed by atoms with van der Waals surface area (Å²) in [7, 11) is 0. The number of thiophene rings is 1. The Balaban J connectivity index is 1.59. The number of hydrogen-bond acceptors (Lipinski definition) is 4. The molecule has 1 aliphatic carbocycles. The molecule has 0 radical (unpaired) electrons. The summed E-state index contributed by atoms with van der Waals surface area (Å²) in [4.78, 5) is 14.6. The van der Waals surface area contributed by atoms with Crippen LogP contribution in [0.3, 0.4) is 0 Å². The van der Waals surface area contributed by atoms with Crippen LogP contribution in [0.1, 0.15) is 65.1 Å². The Hall–Kier alpha value is -2.12. The number of benzene rings is 1. The minimum atomic E-state index is -0.144. The average molecular weight is 501 g/mol. The normalized spacial score (nSPS) is 18.2. The fourth-order valence-corrected chi connectivity index (χ4v) is 5.84. The summed E-state index contributed by atoms with van der Waals surface area (Å²) in [6, 6.07) is 9.54. The fraction of sp³-hybridized carbons (Fsp3) is 0.360. The molecule has 2 aliphatic rings. The molecule has 1 aliphatic heterocycles. The predicted molar refractivity (Wildman–Crippen MR) is 136 cm³/mol. The van der Waals surface area contributed by atoms with Crippen LogP contribution in [0.2, 0.25) is 10.0 Å². The Morgan fingerprint density at radius 1 is 1.06 bits per heavy atom. The molecule has 0 saturated carbocycles. The molecule has 8 heteroatoms. The van der Waals surface area contributed by atoms with Gasteiger partial charge in [-0.3, -0.25) is 10.2 Å². The van der Waals surface area contributed by atoms with E-state index in [1.54, 1.807) is 23.5 Å². The number of amides is 1. The van der Waals surface area contributed by atoms with Gasteiger partial charge in [0.15, 0.2) is 5.69 Å². The van der Waals surface area contributed by atoms with Crippen LogP contribution in [0.15, 0.2) is 35.7 Å². The Morgan fingerprint density at radius 2 is 1.88 bits per heavy atom. The first-order valence-electron chi connectivity index (χ1n) is 11.5. The van der Waals surface area contributed by atoms with Gasteiger partial charge in [0.05, 0.1) is 16.4 Å². The second-order valence-corrected chi connectivity index (χ2v) is 10.4. The zero-order chi connectivity index (χ0) is 22.8. The molecule has 1 saturated heterocycles. The van der Waals surface area contributed by atoms with Crippen LogP contribution in [0.4, 0.5) is 0 Å². The maximum atomic E-state index is 13.4. The highest BCUT2D eigenvalue weighted by Crippen LogP contribution is 2.38. The Bertz CT molecular complexity index is 1180. The van der Waals surface area contributed by atoms with Crippen LogP contribution >= 0.6 is 34.5 Å². The van der Waals surface area contributed by atoms with E-state index in [1.807, 2.05) is 21.8 Å². The molecule has 2 aromatic heterocycles. The van der Waals surface area contributed by atoms with Crippen LogP contribution in [0.5, 0.6) is 0 Å². The van der Waals surface area contributed by atoms with Gasteiger partial charge in [-0.15, -0.1) is 11.3 Å².